The molecule has 0 saturated carbocycles. The number of amidine groups is 1. The second kappa shape index (κ2) is 7.89. The van der Waals surface area contributed by atoms with Gasteiger partial charge in [0.1, 0.15) is 10.8 Å². The molecule has 0 atom stereocenters. The van der Waals surface area contributed by atoms with E-state index < -0.39 is 0 Å². The zero-order valence-electron chi connectivity index (χ0n) is 12.9. The summed E-state index contributed by atoms with van der Waals surface area (Å²) in [6.07, 6.45) is 2.02. The standard InChI is InChI=1S/C16H14ClN3S3.ClH/c1-8-5-9(3-4-11(8)17)12-7-22-15(20-12)10-6-13(14(18)19)23-16(10)21-2;/h3-7H,1-2H3,(H3,18,19);1H. The van der Waals surface area contributed by atoms with Gasteiger partial charge < -0.3 is 5.73 Å². The molecule has 0 fully saturated rings. The Hall–Kier alpha value is -1.05. The molecule has 0 aliphatic carbocycles. The molecule has 3 N–H and O–H groups in total. The predicted molar refractivity (Wildman–Crippen MR) is 111 cm³/mol. The Morgan fingerprint density at radius 1 is 1.33 bits per heavy atom. The van der Waals surface area contributed by atoms with Gasteiger partial charge in [0.2, 0.25) is 0 Å². The van der Waals surface area contributed by atoms with Crippen LogP contribution in [0, 0.1) is 12.3 Å². The molecular formula is C16H15Cl2N3S3. The highest BCUT2D eigenvalue weighted by Gasteiger charge is 2.16. The number of thioether (sulfide) groups is 1. The van der Waals surface area contributed by atoms with Crippen LogP contribution in [0.2, 0.25) is 5.02 Å². The highest BCUT2D eigenvalue weighted by atomic mass is 35.5. The molecule has 2 aromatic heterocycles. The summed E-state index contributed by atoms with van der Waals surface area (Å²) in [5.74, 6) is 0.0988. The maximum absolute atomic E-state index is 7.62. The van der Waals surface area contributed by atoms with Gasteiger partial charge in [-0.15, -0.1) is 46.8 Å². The molecule has 3 aromatic rings. The SMILES string of the molecule is CSc1sc(C(=N)N)cc1-c1nc(-c2ccc(Cl)c(C)c2)cs1.Cl. The van der Waals surface area contributed by atoms with E-state index in [4.69, 9.17) is 27.7 Å². The Balaban J connectivity index is 0.00000208. The Labute approximate surface area is 164 Å². The van der Waals surface area contributed by atoms with Crippen LogP contribution in [0.25, 0.3) is 21.8 Å². The first-order valence-corrected chi connectivity index (χ1v) is 10.0. The van der Waals surface area contributed by atoms with Crippen LogP contribution in [0.1, 0.15) is 10.4 Å². The molecule has 0 saturated heterocycles. The smallest absolute Gasteiger partial charge is 0.133 e. The minimum atomic E-state index is 0. The third-order valence-electron chi connectivity index (χ3n) is 3.34. The van der Waals surface area contributed by atoms with Crippen molar-refractivity contribution in [1.29, 1.82) is 5.41 Å². The van der Waals surface area contributed by atoms with Crippen molar-refractivity contribution in [2.24, 2.45) is 5.73 Å². The Bertz CT molecular complexity index is 887. The number of hydrogen-bond acceptors (Lipinski definition) is 5. The Kier molecular flexibility index (Phi) is 6.33. The number of nitrogens with one attached hydrogen (secondary N) is 1. The van der Waals surface area contributed by atoms with Crippen LogP contribution in [-0.2, 0) is 0 Å². The van der Waals surface area contributed by atoms with Crippen LogP contribution >= 0.6 is 58.4 Å². The van der Waals surface area contributed by atoms with Crippen LogP contribution in [0.15, 0.2) is 33.9 Å². The van der Waals surface area contributed by atoms with Crippen molar-refractivity contribution < 1.29 is 0 Å². The lowest BCUT2D eigenvalue weighted by Crippen LogP contribution is -2.08. The highest BCUT2D eigenvalue weighted by Crippen LogP contribution is 2.40. The zero-order chi connectivity index (χ0) is 16.6. The molecule has 3 rings (SSSR count). The molecule has 3 nitrogen and oxygen atoms in total. The predicted octanol–water partition coefficient (Wildman–Crippen LogP) is 5.93. The van der Waals surface area contributed by atoms with E-state index in [2.05, 4.69) is 0 Å². The van der Waals surface area contributed by atoms with Crippen molar-refractivity contribution in [3.63, 3.8) is 0 Å². The first-order chi connectivity index (χ1) is 11.0. The summed E-state index contributed by atoms with van der Waals surface area (Å²) in [6.45, 7) is 1.99. The van der Waals surface area contributed by atoms with E-state index in [0.717, 1.165) is 41.5 Å². The molecule has 0 radical (unpaired) electrons. The molecule has 0 aliphatic heterocycles. The normalized spacial score (nSPS) is 10.5. The Morgan fingerprint density at radius 3 is 2.71 bits per heavy atom. The number of benzene rings is 1. The van der Waals surface area contributed by atoms with E-state index in [1.54, 1.807) is 23.1 Å². The van der Waals surface area contributed by atoms with Gasteiger partial charge in [-0.1, -0.05) is 17.7 Å². The second-order valence-electron chi connectivity index (χ2n) is 4.93. The van der Waals surface area contributed by atoms with Crippen LogP contribution in [0.3, 0.4) is 0 Å². The third-order valence-corrected chi connectivity index (χ3v) is 6.94. The minimum Gasteiger partial charge on any atom is -0.383 e. The quantitative estimate of drug-likeness (QED) is 0.315. The lowest BCUT2D eigenvalue weighted by Gasteiger charge is -2.01. The molecule has 1 aromatic carbocycles. The monoisotopic (exact) mass is 415 g/mol. The van der Waals surface area contributed by atoms with Crippen LogP contribution in [0.5, 0.6) is 0 Å². The number of thiophene rings is 1. The maximum atomic E-state index is 7.62. The fourth-order valence-corrected chi connectivity index (χ4v) is 4.97. The van der Waals surface area contributed by atoms with Crippen molar-refractivity contribution in [3.05, 3.63) is 45.1 Å². The molecule has 126 valence electrons. The summed E-state index contributed by atoms with van der Waals surface area (Å²) in [5.41, 5.74) is 9.70. The number of aryl methyl sites for hydroxylation is 1. The number of nitrogens with two attached hydrogens (primary N) is 1. The molecule has 0 bridgehead atoms. The van der Waals surface area contributed by atoms with E-state index in [1.165, 1.54) is 11.3 Å². The van der Waals surface area contributed by atoms with E-state index >= 15 is 0 Å². The number of thiazole rings is 1. The van der Waals surface area contributed by atoms with Crippen LogP contribution in [-0.4, -0.2) is 17.1 Å². The molecule has 0 amide bonds. The number of nitrogen functional groups attached to an aromatic ring is 1. The van der Waals surface area contributed by atoms with Gasteiger partial charge in [-0.25, -0.2) is 4.98 Å². The van der Waals surface area contributed by atoms with E-state index in [-0.39, 0.29) is 18.2 Å². The van der Waals surface area contributed by atoms with Gasteiger partial charge >= 0.3 is 0 Å². The molecule has 0 aliphatic rings. The van der Waals surface area contributed by atoms with Gasteiger partial charge in [-0.2, -0.15) is 0 Å². The Morgan fingerprint density at radius 2 is 2.08 bits per heavy atom. The average Bonchev–Trinajstić information content (AvgIpc) is 3.15. The second-order valence-corrected chi connectivity index (χ2v) is 8.32. The zero-order valence-corrected chi connectivity index (χ0v) is 16.9. The van der Waals surface area contributed by atoms with Gasteiger partial charge in [-0.3, -0.25) is 5.41 Å². The number of nitrogens with zero attached hydrogens (tertiary/aromatic N) is 1. The number of hydrogen-bond donors (Lipinski definition) is 2. The molecule has 0 spiro atoms. The fraction of sp³-hybridized carbons (Fsp3) is 0.125. The summed E-state index contributed by atoms with van der Waals surface area (Å²) in [7, 11) is 0. The van der Waals surface area contributed by atoms with Gasteiger partial charge in [0, 0.05) is 21.5 Å². The van der Waals surface area contributed by atoms with Crippen LogP contribution in [0.4, 0.5) is 0 Å². The van der Waals surface area contributed by atoms with Crippen molar-refractivity contribution in [3.8, 4) is 21.8 Å². The highest BCUT2D eigenvalue weighted by molar-refractivity contribution is 8.00. The molecule has 0 unspecified atom stereocenters. The van der Waals surface area contributed by atoms with Crippen LogP contribution < -0.4 is 5.73 Å². The van der Waals surface area contributed by atoms with Gasteiger partial charge in [0.05, 0.1) is 14.8 Å². The van der Waals surface area contributed by atoms with E-state index in [0.29, 0.717) is 0 Å². The minimum absolute atomic E-state index is 0. The molecular weight excluding hydrogens is 401 g/mol. The first kappa shape index (κ1) is 19.3. The van der Waals surface area contributed by atoms with E-state index in [1.807, 2.05) is 42.8 Å². The van der Waals surface area contributed by atoms with Crippen molar-refractivity contribution >= 4 is 64.3 Å². The summed E-state index contributed by atoms with van der Waals surface area (Å²) >= 11 is 10.9. The maximum Gasteiger partial charge on any atom is 0.133 e. The summed E-state index contributed by atoms with van der Waals surface area (Å²) in [5, 5.41) is 11.4. The third kappa shape index (κ3) is 3.78. The molecule has 2 heterocycles. The van der Waals surface area contributed by atoms with Crippen molar-refractivity contribution in [1.82, 2.24) is 4.98 Å². The number of aromatic nitrogens is 1. The fourth-order valence-electron chi connectivity index (χ4n) is 2.14. The summed E-state index contributed by atoms with van der Waals surface area (Å²) in [4.78, 5) is 5.54. The van der Waals surface area contributed by atoms with Gasteiger partial charge in [0.15, 0.2) is 0 Å². The largest absolute Gasteiger partial charge is 0.383 e. The molecule has 24 heavy (non-hydrogen) atoms. The van der Waals surface area contributed by atoms with Gasteiger partial charge in [-0.05, 0) is 36.9 Å². The number of halogens is 2. The van der Waals surface area contributed by atoms with Crippen molar-refractivity contribution in [2.45, 2.75) is 11.1 Å². The first-order valence-electron chi connectivity index (χ1n) is 6.74. The average molecular weight is 416 g/mol. The summed E-state index contributed by atoms with van der Waals surface area (Å²) < 4.78 is 1.13. The lowest BCUT2D eigenvalue weighted by molar-refractivity contribution is 1.38. The van der Waals surface area contributed by atoms with Crippen molar-refractivity contribution in [2.75, 3.05) is 6.26 Å². The van der Waals surface area contributed by atoms with E-state index in [9.17, 15) is 0 Å². The molecule has 8 heteroatoms. The topological polar surface area (TPSA) is 62.8 Å². The summed E-state index contributed by atoms with van der Waals surface area (Å²) in [6, 6.07) is 7.88. The lowest BCUT2D eigenvalue weighted by atomic mass is 10.1. The number of rotatable bonds is 4. The van der Waals surface area contributed by atoms with Gasteiger partial charge in [0.25, 0.3) is 0 Å².